The molecule has 0 bridgehead atoms. The number of aliphatic carboxylic acids is 1. The lowest BCUT2D eigenvalue weighted by atomic mass is 9.84. The molecule has 3 heterocycles. The third-order valence-corrected chi connectivity index (χ3v) is 8.63. The van der Waals surface area contributed by atoms with Crippen LogP contribution in [0.4, 0.5) is 4.39 Å². The van der Waals surface area contributed by atoms with E-state index in [0.29, 0.717) is 30.9 Å². The number of piperidine rings is 2. The van der Waals surface area contributed by atoms with Crippen molar-refractivity contribution in [1.29, 1.82) is 0 Å². The molecular formula is C29H47FN4O3. The summed E-state index contributed by atoms with van der Waals surface area (Å²) in [6.07, 6.45) is 11.6. The Kier molecular flexibility index (Phi) is 10.2. The first-order valence-corrected chi connectivity index (χ1v) is 14.4. The molecule has 4 N–H and O–H groups in total. The Bertz CT molecular complexity index is 898. The van der Waals surface area contributed by atoms with Crippen LogP contribution in [0.5, 0.6) is 5.75 Å². The Morgan fingerprint density at radius 2 is 2.05 bits per heavy atom. The maximum atomic E-state index is 14.8. The molecule has 37 heavy (non-hydrogen) atoms. The molecule has 3 fully saturated rings. The lowest BCUT2D eigenvalue weighted by Gasteiger charge is -2.41. The van der Waals surface area contributed by atoms with Crippen molar-refractivity contribution >= 4 is 5.97 Å². The molecule has 4 unspecified atom stereocenters. The SMILES string of the molecule is COc1c(F)cc(C(C)C)cc1C(C(=O)O)N1CC[C@@H](NCCCCCC2CCC3CCCNC3N2)C1. The fourth-order valence-electron chi connectivity index (χ4n) is 6.50. The van der Waals surface area contributed by atoms with Crippen LogP contribution in [0.2, 0.25) is 0 Å². The highest BCUT2D eigenvalue weighted by molar-refractivity contribution is 5.77. The number of fused-ring (bicyclic) bond motifs is 1. The third kappa shape index (κ3) is 7.22. The van der Waals surface area contributed by atoms with E-state index in [1.807, 2.05) is 18.7 Å². The van der Waals surface area contributed by atoms with Gasteiger partial charge in [0, 0.05) is 30.7 Å². The van der Waals surface area contributed by atoms with E-state index in [2.05, 4.69) is 16.0 Å². The quantitative estimate of drug-likeness (QED) is 0.306. The van der Waals surface area contributed by atoms with Crippen LogP contribution in [0.3, 0.4) is 0 Å². The van der Waals surface area contributed by atoms with Crippen molar-refractivity contribution in [2.24, 2.45) is 5.92 Å². The van der Waals surface area contributed by atoms with Gasteiger partial charge in [-0.3, -0.25) is 15.0 Å². The maximum Gasteiger partial charge on any atom is 0.325 e. The monoisotopic (exact) mass is 518 g/mol. The predicted octanol–water partition coefficient (Wildman–Crippen LogP) is 4.39. The molecule has 0 aliphatic carbocycles. The van der Waals surface area contributed by atoms with E-state index < -0.39 is 17.8 Å². The first kappa shape index (κ1) is 28.3. The number of hydrogen-bond donors (Lipinski definition) is 4. The molecule has 1 aromatic carbocycles. The van der Waals surface area contributed by atoms with E-state index in [0.717, 1.165) is 37.4 Å². The number of methoxy groups -OCH3 is 1. The molecule has 3 saturated heterocycles. The van der Waals surface area contributed by atoms with Crippen LogP contribution in [-0.4, -0.2) is 67.5 Å². The van der Waals surface area contributed by atoms with Crippen LogP contribution in [0.15, 0.2) is 12.1 Å². The molecule has 0 saturated carbocycles. The summed E-state index contributed by atoms with van der Waals surface area (Å²) in [6.45, 7) is 7.34. The number of ether oxygens (including phenoxy) is 1. The van der Waals surface area contributed by atoms with Gasteiger partial charge in [0.05, 0.1) is 13.3 Å². The third-order valence-electron chi connectivity index (χ3n) is 8.63. The number of nitrogens with one attached hydrogen (secondary N) is 3. The highest BCUT2D eigenvalue weighted by Crippen LogP contribution is 2.36. The Hall–Kier alpha value is -1.74. The number of likely N-dealkylation sites (tertiary alicyclic amines) is 1. The topological polar surface area (TPSA) is 85.9 Å². The lowest BCUT2D eigenvalue weighted by molar-refractivity contribution is -0.143. The number of benzene rings is 1. The summed E-state index contributed by atoms with van der Waals surface area (Å²) in [5, 5.41) is 21.2. The lowest BCUT2D eigenvalue weighted by Crippen LogP contribution is -2.57. The normalized spacial score (nSPS) is 27.3. The zero-order valence-corrected chi connectivity index (χ0v) is 22.9. The van der Waals surface area contributed by atoms with E-state index in [1.165, 1.54) is 58.1 Å². The number of carbonyl (C=O) groups is 1. The number of rotatable bonds is 12. The van der Waals surface area contributed by atoms with Crippen molar-refractivity contribution in [1.82, 2.24) is 20.9 Å². The largest absolute Gasteiger partial charge is 0.493 e. The van der Waals surface area contributed by atoms with E-state index >= 15 is 0 Å². The minimum atomic E-state index is -0.967. The summed E-state index contributed by atoms with van der Waals surface area (Å²) in [5.41, 5.74) is 1.19. The van der Waals surface area contributed by atoms with Gasteiger partial charge in [-0.2, -0.15) is 0 Å². The maximum absolute atomic E-state index is 14.8. The predicted molar refractivity (Wildman–Crippen MR) is 145 cm³/mol. The van der Waals surface area contributed by atoms with Crippen molar-refractivity contribution in [3.05, 3.63) is 29.1 Å². The zero-order valence-electron chi connectivity index (χ0n) is 22.9. The van der Waals surface area contributed by atoms with Crippen LogP contribution in [0.1, 0.15) is 94.7 Å². The average Bonchev–Trinajstić information content (AvgIpc) is 3.33. The second kappa shape index (κ2) is 13.4. The van der Waals surface area contributed by atoms with E-state index in [1.54, 1.807) is 6.07 Å². The highest BCUT2D eigenvalue weighted by atomic mass is 19.1. The molecule has 0 amide bonds. The van der Waals surface area contributed by atoms with Gasteiger partial charge in [0.1, 0.15) is 6.04 Å². The summed E-state index contributed by atoms with van der Waals surface area (Å²) < 4.78 is 20.1. The summed E-state index contributed by atoms with van der Waals surface area (Å²) in [6, 6.07) is 3.23. The summed E-state index contributed by atoms with van der Waals surface area (Å²) in [5.74, 6) is -0.514. The minimum Gasteiger partial charge on any atom is -0.493 e. The Morgan fingerprint density at radius 1 is 1.22 bits per heavy atom. The number of hydrogen-bond acceptors (Lipinski definition) is 6. The molecule has 3 aliphatic rings. The van der Waals surface area contributed by atoms with E-state index in [4.69, 9.17) is 4.74 Å². The van der Waals surface area contributed by atoms with Crippen molar-refractivity contribution in [3.8, 4) is 5.75 Å². The van der Waals surface area contributed by atoms with E-state index in [-0.39, 0.29) is 17.7 Å². The van der Waals surface area contributed by atoms with E-state index in [9.17, 15) is 14.3 Å². The number of carboxylic acids is 1. The molecule has 3 aliphatic heterocycles. The molecule has 0 spiro atoms. The molecule has 4 rings (SSSR count). The molecule has 0 aromatic heterocycles. The standard InChI is InChI=1S/C29H47FN4O3/c1-19(2)21-16-24(27(37-3)25(30)17-21)26(29(35)36)34-15-12-23(18-34)31-13-6-4-5-9-22-11-10-20-8-7-14-32-28(20)33-22/h16-17,19-20,22-23,26,28,31-33H,4-15,18H2,1-3H3,(H,35,36)/t20?,22?,23-,26?,28?/m1/s1. The van der Waals surface area contributed by atoms with Crippen LogP contribution >= 0.6 is 0 Å². The van der Waals surface area contributed by atoms with Crippen LogP contribution in [0.25, 0.3) is 0 Å². The molecular weight excluding hydrogens is 471 g/mol. The van der Waals surface area contributed by atoms with Crippen molar-refractivity contribution in [2.45, 2.75) is 102 Å². The molecule has 208 valence electrons. The van der Waals surface area contributed by atoms with Gasteiger partial charge in [0.25, 0.3) is 0 Å². The Balaban J connectivity index is 1.21. The van der Waals surface area contributed by atoms with Gasteiger partial charge < -0.3 is 20.5 Å². The number of halogens is 1. The molecule has 1 aromatic rings. The Morgan fingerprint density at radius 3 is 2.81 bits per heavy atom. The first-order valence-electron chi connectivity index (χ1n) is 14.4. The second-order valence-corrected chi connectivity index (χ2v) is 11.6. The van der Waals surface area contributed by atoms with Gasteiger partial charge in [0.15, 0.2) is 11.6 Å². The summed E-state index contributed by atoms with van der Waals surface area (Å²) in [7, 11) is 1.40. The molecule has 7 nitrogen and oxygen atoms in total. The van der Waals surface area contributed by atoms with Crippen molar-refractivity contribution < 1.29 is 19.0 Å². The molecule has 0 radical (unpaired) electrons. The zero-order chi connectivity index (χ0) is 26.4. The summed E-state index contributed by atoms with van der Waals surface area (Å²) in [4.78, 5) is 14.3. The van der Waals surface area contributed by atoms with Gasteiger partial charge in [-0.15, -0.1) is 0 Å². The van der Waals surface area contributed by atoms with Crippen LogP contribution in [0, 0.1) is 11.7 Å². The summed E-state index contributed by atoms with van der Waals surface area (Å²) >= 11 is 0. The van der Waals surface area contributed by atoms with Gasteiger partial charge >= 0.3 is 5.97 Å². The van der Waals surface area contributed by atoms with Crippen molar-refractivity contribution in [3.63, 3.8) is 0 Å². The van der Waals surface area contributed by atoms with Gasteiger partial charge in [0.2, 0.25) is 0 Å². The van der Waals surface area contributed by atoms with Gasteiger partial charge in [-0.1, -0.05) is 26.7 Å². The molecule has 8 heteroatoms. The fraction of sp³-hybridized carbons (Fsp3) is 0.759. The highest BCUT2D eigenvalue weighted by Gasteiger charge is 2.36. The van der Waals surface area contributed by atoms with Crippen LogP contribution < -0.4 is 20.7 Å². The first-order chi connectivity index (χ1) is 17.9. The number of nitrogens with zero attached hydrogens (tertiary/aromatic N) is 1. The smallest absolute Gasteiger partial charge is 0.325 e. The molecule has 5 atom stereocenters. The Labute approximate surface area is 221 Å². The number of carboxylic acid groups (broad SMARTS) is 1. The minimum absolute atomic E-state index is 0.0375. The van der Waals surface area contributed by atoms with Gasteiger partial charge in [-0.05, 0) is 87.6 Å². The van der Waals surface area contributed by atoms with Crippen LogP contribution in [-0.2, 0) is 4.79 Å². The van der Waals surface area contributed by atoms with Gasteiger partial charge in [-0.25, -0.2) is 4.39 Å². The average molecular weight is 519 g/mol. The fourth-order valence-corrected chi connectivity index (χ4v) is 6.50. The van der Waals surface area contributed by atoms with Crippen molar-refractivity contribution in [2.75, 3.05) is 33.3 Å². The number of unbranched alkanes of at least 4 members (excludes halogenated alkanes) is 2. The second-order valence-electron chi connectivity index (χ2n) is 11.6.